The van der Waals surface area contributed by atoms with E-state index in [0.717, 1.165) is 5.56 Å². The van der Waals surface area contributed by atoms with E-state index < -0.39 is 53.4 Å². The fraction of sp³-hybridized carbons (Fsp3) is 0.500. The van der Waals surface area contributed by atoms with Crippen LogP contribution >= 0.6 is 0 Å². The minimum absolute atomic E-state index is 0.0911. The minimum Gasteiger partial charge on any atom is -0.444 e. The maximum Gasteiger partial charge on any atom is 0.416 e. The van der Waals surface area contributed by atoms with E-state index in [1.54, 1.807) is 51.1 Å². The van der Waals surface area contributed by atoms with Gasteiger partial charge in [0, 0.05) is 6.54 Å². The lowest BCUT2D eigenvalue weighted by Gasteiger charge is -2.42. The molecular weight excluding hydrogens is 488 g/mol. The van der Waals surface area contributed by atoms with E-state index in [1.807, 2.05) is 0 Å². The van der Waals surface area contributed by atoms with Crippen molar-refractivity contribution in [2.75, 3.05) is 6.54 Å². The summed E-state index contributed by atoms with van der Waals surface area (Å²) in [6, 6.07) is 9.74. The Morgan fingerprint density at radius 1 is 0.944 bits per heavy atom. The van der Waals surface area contributed by atoms with E-state index >= 15 is 0 Å². The molecule has 10 heteroatoms. The number of piperidine rings is 1. The van der Waals surface area contributed by atoms with Crippen LogP contribution in [0, 0.1) is 0 Å². The lowest BCUT2D eigenvalue weighted by molar-refractivity contribution is -0.143. The molecule has 1 unspecified atom stereocenters. The molecule has 0 radical (unpaired) electrons. The topological polar surface area (TPSA) is 38.8 Å². The summed E-state index contributed by atoms with van der Waals surface area (Å²) in [6.45, 7) is 6.96. The molecule has 0 bridgehead atoms. The lowest BCUT2D eigenvalue weighted by Crippen LogP contribution is -2.48. The number of hydrogen-bond donors (Lipinski definition) is 0. The first-order valence-corrected chi connectivity index (χ1v) is 11.6. The molecule has 36 heavy (non-hydrogen) atoms. The number of benzene rings is 2. The van der Waals surface area contributed by atoms with Gasteiger partial charge in [-0.2, -0.15) is 26.3 Å². The van der Waals surface area contributed by atoms with Crippen molar-refractivity contribution < 1.29 is 40.6 Å². The van der Waals surface area contributed by atoms with Gasteiger partial charge in [0.15, 0.2) is 0 Å². The Balaban J connectivity index is 1.96. The third-order valence-corrected chi connectivity index (χ3v) is 5.80. The van der Waals surface area contributed by atoms with Crippen LogP contribution in [0.25, 0.3) is 0 Å². The van der Waals surface area contributed by atoms with Gasteiger partial charge >= 0.3 is 18.4 Å². The molecule has 3 atom stereocenters. The van der Waals surface area contributed by atoms with Gasteiger partial charge in [-0.3, -0.25) is 4.90 Å². The van der Waals surface area contributed by atoms with Crippen molar-refractivity contribution in [2.45, 2.75) is 76.7 Å². The summed E-state index contributed by atoms with van der Waals surface area (Å²) in [6.07, 6.45) is -11.3. The Morgan fingerprint density at radius 3 is 2.00 bits per heavy atom. The number of carbonyl (C=O) groups excluding carboxylic acids is 1. The van der Waals surface area contributed by atoms with Crippen LogP contribution in [0.1, 0.15) is 74.9 Å². The van der Waals surface area contributed by atoms with Crippen LogP contribution in [0.2, 0.25) is 0 Å². The van der Waals surface area contributed by atoms with Crippen molar-refractivity contribution in [1.82, 2.24) is 4.90 Å². The van der Waals surface area contributed by atoms with Gasteiger partial charge in [-0.25, -0.2) is 4.79 Å². The molecule has 0 spiro atoms. The molecule has 0 saturated carbocycles. The average molecular weight is 518 g/mol. The quantitative estimate of drug-likeness (QED) is 0.387. The van der Waals surface area contributed by atoms with Crippen LogP contribution in [0.15, 0.2) is 48.5 Å². The van der Waals surface area contributed by atoms with Crippen LogP contribution in [0.3, 0.4) is 0 Å². The fourth-order valence-electron chi connectivity index (χ4n) is 4.23. The van der Waals surface area contributed by atoms with E-state index in [0.29, 0.717) is 31.5 Å². The predicted octanol–water partition coefficient (Wildman–Crippen LogP) is 7.94. The average Bonchev–Trinajstić information content (AvgIpc) is 2.77. The molecule has 198 valence electrons. The maximum absolute atomic E-state index is 13.4. The number of amides is 1. The van der Waals surface area contributed by atoms with Gasteiger partial charge in [0.1, 0.15) is 5.60 Å². The Morgan fingerprint density at radius 2 is 1.50 bits per heavy atom. The molecular formula is C26H29F6NO3. The highest BCUT2D eigenvalue weighted by Crippen LogP contribution is 2.40. The summed E-state index contributed by atoms with van der Waals surface area (Å²) in [5.74, 6) is 0. The van der Waals surface area contributed by atoms with Crippen molar-refractivity contribution in [2.24, 2.45) is 0 Å². The zero-order valence-corrected chi connectivity index (χ0v) is 20.4. The molecule has 0 aromatic heterocycles. The van der Waals surface area contributed by atoms with E-state index in [4.69, 9.17) is 9.47 Å². The molecule has 1 heterocycles. The Kier molecular flexibility index (Phi) is 7.98. The Bertz CT molecular complexity index is 1010. The zero-order chi connectivity index (χ0) is 26.9. The maximum atomic E-state index is 13.4. The fourth-order valence-corrected chi connectivity index (χ4v) is 4.23. The third kappa shape index (κ3) is 6.93. The molecule has 2 aromatic carbocycles. The smallest absolute Gasteiger partial charge is 0.416 e. The lowest BCUT2D eigenvalue weighted by atomic mass is 9.92. The summed E-state index contributed by atoms with van der Waals surface area (Å²) in [5.41, 5.74) is -3.09. The second kappa shape index (κ2) is 10.3. The van der Waals surface area contributed by atoms with E-state index in [-0.39, 0.29) is 11.6 Å². The van der Waals surface area contributed by atoms with Gasteiger partial charge in [-0.1, -0.05) is 30.3 Å². The number of nitrogens with zero attached hydrogens (tertiary/aromatic N) is 1. The molecule has 0 N–H and O–H groups in total. The Hall–Kier alpha value is -2.75. The van der Waals surface area contributed by atoms with Crippen molar-refractivity contribution in [3.8, 4) is 0 Å². The molecule has 2 aromatic rings. The molecule has 4 nitrogen and oxygen atoms in total. The highest BCUT2D eigenvalue weighted by Gasteiger charge is 2.40. The molecule has 0 aliphatic carbocycles. The van der Waals surface area contributed by atoms with E-state index in [1.165, 1.54) is 11.8 Å². The molecule has 1 aliphatic heterocycles. The molecule has 1 amide bonds. The summed E-state index contributed by atoms with van der Waals surface area (Å²) in [5, 5.41) is 0. The molecule has 1 aliphatic rings. The third-order valence-electron chi connectivity index (χ3n) is 5.80. The second-order valence-electron chi connectivity index (χ2n) is 9.83. The summed E-state index contributed by atoms with van der Waals surface area (Å²) in [7, 11) is 0. The zero-order valence-electron chi connectivity index (χ0n) is 20.4. The predicted molar refractivity (Wildman–Crippen MR) is 121 cm³/mol. The largest absolute Gasteiger partial charge is 0.444 e. The van der Waals surface area contributed by atoms with Crippen molar-refractivity contribution in [3.05, 3.63) is 70.8 Å². The monoisotopic (exact) mass is 517 g/mol. The van der Waals surface area contributed by atoms with Crippen LogP contribution in [0.5, 0.6) is 0 Å². The van der Waals surface area contributed by atoms with Gasteiger partial charge in [0.05, 0.1) is 29.4 Å². The molecule has 1 saturated heterocycles. The van der Waals surface area contributed by atoms with Crippen LogP contribution in [0.4, 0.5) is 31.1 Å². The first-order chi connectivity index (χ1) is 16.6. The second-order valence-corrected chi connectivity index (χ2v) is 9.83. The number of hydrogen-bond acceptors (Lipinski definition) is 3. The number of alkyl halides is 6. The summed E-state index contributed by atoms with van der Waals surface area (Å²) >= 11 is 0. The highest BCUT2D eigenvalue weighted by molar-refractivity contribution is 5.69. The first-order valence-electron chi connectivity index (χ1n) is 11.6. The van der Waals surface area contributed by atoms with E-state index in [9.17, 15) is 31.1 Å². The van der Waals surface area contributed by atoms with Gasteiger partial charge in [0.2, 0.25) is 0 Å². The molecule has 3 rings (SSSR count). The van der Waals surface area contributed by atoms with Crippen molar-refractivity contribution >= 4 is 6.09 Å². The van der Waals surface area contributed by atoms with Gasteiger partial charge in [-0.05, 0) is 69.9 Å². The van der Waals surface area contributed by atoms with Crippen molar-refractivity contribution in [3.63, 3.8) is 0 Å². The van der Waals surface area contributed by atoms with E-state index in [2.05, 4.69) is 0 Å². The number of halogens is 6. The van der Waals surface area contributed by atoms with Crippen LogP contribution in [-0.4, -0.2) is 29.2 Å². The van der Waals surface area contributed by atoms with Gasteiger partial charge in [-0.15, -0.1) is 0 Å². The van der Waals surface area contributed by atoms with Crippen LogP contribution in [-0.2, 0) is 21.8 Å². The Labute approximate surface area is 206 Å². The van der Waals surface area contributed by atoms with Crippen LogP contribution < -0.4 is 0 Å². The number of likely N-dealkylation sites (tertiary alicyclic amines) is 1. The first kappa shape index (κ1) is 27.8. The van der Waals surface area contributed by atoms with Gasteiger partial charge < -0.3 is 9.47 Å². The summed E-state index contributed by atoms with van der Waals surface area (Å²) in [4.78, 5) is 14.5. The highest BCUT2D eigenvalue weighted by atomic mass is 19.4. The van der Waals surface area contributed by atoms with Gasteiger partial charge in [0.25, 0.3) is 0 Å². The SMILES string of the molecule is CC(O[C@H]1CCCN(C(=O)OC(C)(C)C)[C@H]1c1ccccc1)c1cc(C(F)(F)F)cc(C(F)(F)F)c1. The summed E-state index contributed by atoms with van der Waals surface area (Å²) < 4.78 is 91.8. The normalized spacial score (nSPS) is 20.2. The standard InChI is InChI=1S/C26H29F6NO3/c1-16(18-13-19(25(27,28)29)15-20(14-18)26(30,31)32)35-21-11-8-12-33(23(34)36-24(2,3)4)22(21)17-9-6-5-7-10-17/h5-7,9-10,13-16,21-22H,8,11-12H2,1-4H3/t16?,21-,22-/m0/s1. The minimum atomic E-state index is -4.96. The number of ether oxygens (including phenoxy) is 2. The number of rotatable bonds is 4. The van der Waals surface area contributed by atoms with Crippen molar-refractivity contribution in [1.29, 1.82) is 0 Å². The number of carbonyl (C=O) groups is 1. The molecule has 1 fully saturated rings.